The van der Waals surface area contributed by atoms with Gasteiger partial charge in [0.05, 0.1) is 13.2 Å². The maximum Gasteiger partial charge on any atom is 0.134 e. The molecule has 1 aromatic carbocycles. The fourth-order valence-electron chi connectivity index (χ4n) is 2.05. The van der Waals surface area contributed by atoms with Crippen LogP contribution in [0.25, 0.3) is 11.3 Å². The molecule has 0 saturated carbocycles. The van der Waals surface area contributed by atoms with Crippen molar-refractivity contribution in [3.05, 3.63) is 47.5 Å². The van der Waals surface area contributed by atoms with Crippen LogP contribution >= 0.6 is 0 Å². The van der Waals surface area contributed by atoms with Crippen molar-refractivity contribution in [2.75, 3.05) is 13.7 Å². The molecule has 1 aromatic heterocycles. The average Bonchev–Trinajstić information content (AvgIpc) is 2.90. The minimum absolute atomic E-state index is 0.0695. The third-order valence-electron chi connectivity index (χ3n) is 4.01. The first kappa shape index (κ1) is 15.7. The van der Waals surface area contributed by atoms with Crippen LogP contribution in [-0.2, 0) is 6.54 Å². The minimum Gasteiger partial charge on any atom is -0.460 e. The zero-order valence-corrected chi connectivity index (χ0v) is 13.0. The molecule has 0 atom stereocenters. The lowest BCUT2D eigenvalue weighted by Gasteiger charge is -2.33. The molecule has 2 rings (SSSR count). The molecule has 2 aromatic rings. The van der Waals surface area contributed by atoms with Crippen LogP contribution in [0.15, 0.2) is 34.7 Å². The van der Waals surface area contributed by atoms with Gasteiger partial charge in [0.25, 0.3) is 0 Å². The molecule has 4 heteroatoms. The Kier molecular flexibility index (Phi) is 4.49. The van der Waals surface area contributed by atoms with Crippen molar-refractivity contribution >= 4 is 0 Å². The fraction of sp³-hybridized carbons (Fsp3) is 0.412. The Balaban J connectivity index is 2.21. The minimum atomic E-state index is -0.318. The Labute approximate surface area is 125 Å². The Morgan fingerprint density at radius 1 is 1.24 bits per heavy atom. The molecule has 0 amide bonds. The Morgan fingerprint density at radius 2 is 1.95 bits per heavy atom. The average molecular weight is 291 g/mol. The van der Waals surface area contributed by atoms with Gasteiger partial charge in [-0.2, -0.15) is 0 Å². The number of hydrogen-bond acceptors (Lipinski definition) is 3. The molecule has 21 heavy (non-hydrogen) atoms. The molecule has 1 heterocycles. The lowest BCUT2D eigenvalue weighted by Crippen LogP contribution is -2.43. The monoisotopic (exact) mass is 291 g/mol. The second-order valence-electron chi connectivity index (χ2n) is 6.00. The van der Waals surface area contributed by atoms with Crippen LogP contribution in [0, 0.1) is 12.7 Å². The molecule has 0 aliphatic heterocycles. The van der Waals surface area contributed by atoms with Crippen molar-refractivity contribution in [2.24, 2.45) is 0 Å². The highest BCUT2D eigenvalue weighted by molar-refractivity contribution is 5.62. The summed E-state index contributed by atoms with van der Waals surface area (Å²) in [5.41, 5.74) is 1.04. The lowest BCUT2D eigenvalue weighted by atomic mass is 10.1. The van der Waals surface area contributed by atoms with Crippen molar-refractivity contribution in [1.82, 2.24) is 4.90 Å². The summed E-state index contributed by atoms with van der Waals surface area (Å²) in [6.07, 6.45) is 0. The fourth-order valence-corrected chi connectivity index (χ4v) is 2.05. The van der Waals surface area contributed by atoms with E-state index in [1.54, 1.807) is 13.0 Å². The van der Waals surface area contributed by atoms with Gasteiger partial charge in [-0.3, -0.25) is 4.90 Å². The molecule has 0 bridgehead atoms. The standard InChI is InChI=1S/C17H22FNO2/c1-12-14(6-5-7-15(12)18)16-9-8-13(21-16)10-19(4)17(2,3)11-20/h5-9,20H,10-11H2,1-4H3. The number of nitrogens with zero attached hydrogens (tertiary/aromatic N) is 1. The van der Waals surface area contributed by atoms with Crippen molar-refractivity contribution in [1.29, 1.82) is 0 Å². The summed E-state index contributed by atoms with van der Waals surface area (Å²) in [6.45, 7) is 6.33. The van der Waals surface area contributed by atoms with Crippen LogP contribution in [0.1, 0.15) is 25.2 Å². The van der Waals surface area contributed by atoms with Crippen LogP contribution in [0.2, 0.25) is 0 Å². The van der Waals surface area contributed by atoms with Gasteiger partial charge in [0, 0.05) is 11.1 Å². The zero-order chi connectivity index (χ0) is 15.6. The van der Waals surface area contributed by atoms with E-state index in [1.165, 1.54) is 6.07 Å². The van der Waals surface area contributed by atoms with Gasteiger partial charge in [0.1, 0.15) is 17.3 Å². The molecule has 114 valence electrons. The lowest BCUT2D eigenvalue weighted by molar-refractivity contribution is 0.0684. The number of halogens is 1. The largest absolute Gasteiger partial charge is 0.460 e. The maximum absolute atomic E-state index is 13.6. The third-order valence-corrected chi connectivity index (χ3v) is 4.01. The van der Waals surface area contributed by atoms with E-state index < -0.39 is 0 Å². The van der Waals surface area contributed by atoms with Crippen LogP contribution in [0.3, 0.4) is 0 Å². The van der Waals surface area contributed by atoms with E-state index in [1.807, 2.05) is 44.0 Å². The second-order valence-corrected chi connectivity index (χ2v) is 6.00. The van der Waals surface area contributed by atoms with Gasteiger partial charge < -0.3 is 9.52 Å². The summed E-state index contributed by atoms with van der Waals surface area (Å²) in [5.74, 6) is 1.22. The normalized spacial score (nSPS) is 12.1. The van der Waals surface area contributed by atoms with E-state index in [0.29, 0.717) is 17.9 Å². The first-order valence-electron chi connectivity index (χ1n) is 7.01. The zero-order valence-electron chi connectivity index (χ0n) is 13.0. The van der Waals surface area contributed by atoms with Gasteiger partial charge in [0.15, 0.2) is 0 Å². The molecule has 0 fully saturated rings. The summed E-state index contributed by atoms with van der Waals surface area (Å²) in [4.78, 5) is 2.02. The predicted molar refractivity (Wildman–Crippen MR) is 81.5 cm³/mol. The van der Waals surface area contributed by atoms with Gasteiger partial charge in [-0.1, -0.05) is 12.1 Å². The number of benzene rings is 1. The smallest absolute Gasteiger partial charge is 0.134 e. The highest BCUT2D eigenvalue weighted by Crippen LogP contribution is 2.28. The van der Waals surface area contributed by atoms with Crippen LogP contribution in [0.5, 0.6) is 0 Å². The molecule has 1 N–H and O–H groups in total. The van der Waals surface area contributed by atoms with E-state index in [9.17, 15) is 9.50 Å². The van der Waals surface area contributed by atoms with Gasteiger partial charge in [-0.05, 0) is 51.6 Å². The molecule has 0 aliphatic carbocycles. The highest BCUT2D eigenvalue weighted by atomic mass is 19.1. The summed E-state index contributed by atoms with van der Waals surface area (Å²) >= 11 is 0. The Morgan fingerprint density at radius 3 is 2.62 bits per heavy atom. The quantitative estimate of drug-likeness (QED) is 0.914. The van der Waals surface area contributed by atoms with Gasteiger partial charge >= 0.3 is 0 Å². The van der Waals surface area contributed by atoms with Gasteiger partial charge in [0.2, 0.25) is 0 Å². The summed E-state index contributed by atoms with van der Waals surface area (Å²) in [7, 11) is 1.94. The van der Waals surface area contributed by atoms with E-state index in [-0.39, 0.29) is 18.0 Å². The first-order chi connectivity index (χ1) is 9.85. The van der Waals surface area contributed by atoms with Crippen molar-refractivity contribution in [3.63, 3.8) is 0 Å². The predicted octanol–water partition coefficient (Wildman–Crippen LogP) is 3.60. The summed E-state index contributed by atoms with van der Waals surface area (Å²) in [6, 6.07) is 8.73. The van der Waals surface area contributed by atoms with Crippen LogP contribution in [0.4, 0.5) is 4.39 Å². The Bertz CT molecular complexity index is 619. The highest BCUT2D eigenvalue weighted by Gasteiger charge is 2.23. The van der Waals surface area contributed by atoms with Crippen LogP contribution in [-0.4, -0.2) is 29.2 Å². The molecule has 0 unspecified atom stereocenters. The molecule has 3 nitrogen and oxygen atoms in total. The number of furan rings is 1. The number of aliphatic hydroxyl groups excluding tert-OH is 1. The molecule has 0 radical (unpaired) electrons. The number of rotatable bonds is 5. The van der Waals surface area contributed by atoms with Gasteiger partial charge in [-0.25, -0.2) is 4.39 Å². The van der Waals surface area contributed by atoms with E-state index in [2.05, 4.69) is 0 Å². The van der Waals surface area contributed by atoms with Crippen LogP contribution < -0.4 is 0 Å². The summed E-state index contributed by atoms with van der Waals surface area (Å²) < 4.78 is 19.4. The number of hydrogen-bond donors (Lipinski definition) is 1. The molecule has 0 aliphatic rings. The Hall–Kier alpha value is -1.65. The van der Waals surface area contributed by atoms with Crippen molar-refractivity contribution in [2.45, 2.75) is 32.9 Å². The topological polar surface area (TPSA) is 36.6 Å². The summed E-state index contributed by atoms with van der Waals surface area (Å²) in [5, 5.41) is 9.38. The molecular formula is C17H22FNO2. The molecule has 0 spiro atoms. The SMILES string of the molecule is Cc1c(F)cccc1-c1ccc(CN(C)C(C)(C)CO)o1. The van der Waals surface area contributed by atoms with E-state index in [4.69, 9.17) is 4.42 Å². The molecule has 0 saturated heterocycles. The van der Waals surface area contributed by atoms with E-state index in [0.717, 1.165) is 11.3 Å². The second kappa shape index (κ2) is 6.00. The van der Waals surface area contributed by atoms with Crippen molar-refractivity contribution < 1.29 is 13.9 Å². The third kappa shape index (κ3) is 3.34. The van der Waals surface area contributed by atoms with E-state index >= 15 is 0 Å². The molecular weight excluding hydrogens is 269 g/mol. The maximum atomic E-state index is 13.6. The van der Waals surface area contributed by atoms with Gasteiger partial charge in [-0.15, -0.1) is 0 Å². The number of aliphatic hydroxyl groups is 1. The number of likely N-dealkylation sites (N-methyl/N-ethyl adjacent to an activating group) is 1. The van der Waals surface area contributed by atoms with Crippen molar-refractivity contribution in [3.8, 4) is 11.3 Å². The first-order valence-corrected chi connectivity index (χ1v) is 7.01.